The minimum atomic E-state index is -4.34. The van der Waals surface area contributed by atoms with E-state index in [4.69, 9.17) is 4.74 Å². The standard InChI is InChI=1S/C27H31N3O6S/c1-6-25(24-14-7-18(2)15-20(24)4)28-27(31)17-29(21-9-11-22(36-5)12-10-21)37(34,35)23-13-8-19(3)26(16-23)30(32)33/h7-16,25H,6,17H2,1-5H3,(H,28,31). The SMILES string of the molecule is CCC(NC(=O)CN(c1ccc(OC)cc1)S(=O)(=O)c1ccc(C)c([N+](=O)[O-])c1)c1ccc(C)cc1C. The summed E-state index contributed by atoms with van der Waals surface area (Å²) in [6.07, 6.45) is 0.606. The predicted octanol–water partition coefficient (Wildman–Crippen LogP) is 4.99. The van der Waals surface area contributed by atoms with Gasteiger partial charge in [0.1, 0.15) is 12.3 Å². The molecular formula is C27H31N3O6S. The predicted molar refractivity (Wildman–Crippen MR) is 142 cm³/mol. The molecule has 0 saturated carbocycles. The Labute approximate surface area is 217 Å². The van der Waals surface area contributed by atoms with E-state index in [0.29, 0.717) is 17.7 Å². The second kappa shape index (κ2) is 11.4. The molecule has 0 spiro atoms. The van der Waals surface area contributed by atoms with Crippen molar-refractivity contribution in [2.24, 2.45) is 0 Å². The van der Waals surface area contributed by atoms with Gasteiger partial charge in [-0.25, -0.2) is 8.42 Å². The van der Waals surface area contributed by atoms with E-state index in [1.54, 1.807) is 12.1 Å². The zero-order valence-corrected chi connectivity index (χ0v) is 22.3. The Morgan fingerprint density at radius 2 is 1.70 bits per heavy atom. The third kappa shape index (κ3) is 6.26. The van der Waals surface area contributed by atoms with Gasteiger partial charge in [0, 0.05) is 11.6 Å². The third-order valence-electron chi connectivity index (χ3n) is 6.16. The highest BCUT2D eigenvalue weighted by atomic mass is 32.2. The highest BCUT2D eigenvalue weighted by Crippen LogP contribution is 2.29. The Morgan fingerprint density at radius 1 is 1.03 bits per heavy atom. The largest absolute Gasteiger partial charge is 0.497 e. The van der Waals surface area contributed by atoms with E-state index in [1.807, 2.05) is 39.0 Å². The number of aryl methyl sites for hydroxylation is 3. The quantitative estimate of drug-likeness (QED) is 0.294. The van der Waals surface area contributed by atoms with Crippen LogP contribution in [-0.2, 0) is 14.8 Å². The Hall–Kier alpha value is -3.92. The van der Waals surface area contributed by atoms with E-state index < -0.39 is 27.4 Å². The molecule has 0 aliphatic rings. The number of ether oxygens (including phenoxy) is 1. The number of sulfonamides is 1. The lowest BCUT2D eigenvalue weighted by atomic mass is 9.97. The molecule has 10 heteroatoms. The van der Waals surface area contributed by atoms with E-state index in [1.165, 1.54) is 38.3 Å². The van der Waals surface area contributed by atoms with Gasteiger partial charge < -0.3 is 10.1 Å². The molecule has 0 fully saturated rings. The van der Waals surface area contributed by atoms with Crippen molar-refractivity contribution >= 4 is 27.3 Å². The number of nitrogens with zero attached hydrogens (tertiary/aromatic N) is 2. The zero-order valence-electron chi connectivity index (χ0n) is 21.5. The average Bonchev–Trinajstić information content (AvgIpc) is 2.86. The van der Waals surface area contributed by atoms with E-state index >= 15 is 0 Å². The van der Waals surface area contributed by atoms with Gasteiger partial charge in [0.05, 0.1) is 28.7 Å². The van der Waals surface area contributed by atoms with Crippen LogP contribution in [0.2, 0.25) is 0 Å². The number of amides is 1. The fraction of sp³-hybridized carbons (Fsp3) is 0.296. The lowest BCUT2D eigenvalue weighted by Crippen LogP contribution is -2.42. The number of carbonyl (C=O) groups is 1. The minimum Gasteiger partial charge on any atom is -0.497 e. The molecule has 9 nitrogen and oxygen atoms in total. The van der Waals surface area contributed by atoms with Crippen LogP contribution in [-0.4, -0.2) is 32.9 Å². The molecule has 1 unspecified atom stereocenters. The Bertz CT molecular complexity index is 1400. The molecule has 1 N–H and O–H groups in total. The highest BCUT2D eigenvalue weighted by Gasteiger charge is 2.30. The Kier molecular flexibility index (Phi) is 8.54. The van der Waals surface area contributed by atoms with Crippen molar-refractivity contribution in [3.8, 4) is 5.75 Å². The third-order valence-corrected chi connectivity index (χ3v) is 7.93. The van der Waals surface area contributed by atoms with Crippen LogP contribution in [0.15, 0.2) is 65.6 Å². The number of benzene rings is 3. The molecule has 0 aromatic heterocycles. The maximum absolute atomic E-state index is 13.7. The van der Waals surface area contributed by atoms with E-state index in [2.05, 4.69) is 5.32 Å². The van der Waals surface area contributed by atoms with Crippen LogP contribution in [0.25, 0.3) is 0 Å². The van der Waals surface area contributed by atoms with Crippen molar-refractivity contribution in [3.63, 3.8) is 0 Å². The maximum Gasteiger partial charge on any atom is 0.273 e. The summed E-state index contributed by atoms with van der Waals surface area (Å²) in [6.45, 7) is 6.91. The molecule has 0 aliphatic heterocycles. The van der Waals surface area contributed by atoms with Gasteiger partial charge in [0.15, 0.2) is 0 Å². The van der Waals surface area contributed by atoms with Crippen molar-refractivity contribution in [2.75, 3.05) is 18.0 Å². The topological polar surface area (TPSA) is 119 Å². The van der Waals surface area contributed by atoms with Crippen molar-refractivity contribution in [2.45, 2.75) is 45.1 Å². The van der Waals surface area contributed by atoms with Crippen molar-refractivity contribution < 1.29 is 22.9 Å². The number of rotatable bonds is 10. The molecule has 0 saturated heterocycles. The summed E-state index contributed by atoms with van der Waals surface area (Å²) in [7, 11) is -2.85. The second-order valence-corrected chi connectivity index (χ2v) is 10.7. The molecule has 3 rings (SSSR count). The summed E-state index contributed by atoms with van der Waals surface area (Å²) in [5, 5.41) is 14.4. The number of carbonyl (C=O) groups excluding carboxylic acids is 1. The molecule has 1 atom stereocenters. The average molecular weight is 526 g/mol. The monoisotopic (exact) mass is 525 g/mol. The van der Waals surface area contributed by atoms with Gasteiger partial charge in [-0.15, -0.1) is 0 Å². The summed E-state index contributed by atoms with van der Waals surface area (Å²) >= 11 is 0. The number of hydrogen-bond donors (Lipinski definition) is 1. The summed E-state index contributed by atoms with van der Waals surface area (Å²) in [4.78, 5) is 23.8. The molecule has 0 aliphatic carbocycles. The number of nitro benzene ring substituents is 1. The number of nitro groups is 1. The van der Waals surface area contributed by atoms with Gasteiger partial charge >= 0.3 is 0 Å². The highest BCUT2D eigenvalue weighted by molar-refractivity contribution is 7.92. The van der Waals surface area contributed by atoms with Crippen molar-refractivity contribution in [1.82, 2.24) is 5.32 Å². The molecular weight excluding hydrogens is 494 g/mol. The fourth-order valence-electron chi connectivity index (χ4n) is 4.12. The van der Waals surface area contributed by atoms with E-state index in [9.17, 15) is 23.3 Å². The molecule has 0 bridgehead atoms. The second-order valence-electron chi connectivity index (χ2n) is 8.80. The molecule has 3 aromatic carbocycles. The van der Waals surface area contributed by atoms with Gasteiger partial charge in [0.25, 0.3) is 15.7 Å². The van der Waals surface area contributed by atoms with Crippen LogP contribution in [0.3, 0.4) is 0 Å². The first-order chi connectivity index (χ1) is 17.5. The Morgan fingerprint density at radius 3 is 2.27 bits per heavy atom. The van der Waals surface area contributed by atoms with Crippen LogP contribution in [0.1, 0.15) is 41.6 Å². The molecule has 0 heterocycles. The zero-order chi connectivity index (χ0) is 27.3. The minimum absolute atomic E-state index is 0.221. The van der Waals surface area contributed by atoms with Gasteiger partial charge in [-0.3, -0.25) is 19.2 Å². The summed E-state index contributed by atoms with van der Waals surface area (Å²) in [5.41, 5.74) is 3.32. The lowest BCUT2D eigenvalue weighted by Gasteiger charge is -2.26. The Balaban J connectivity index is 1.99. The van der Waals surface area contributed by atoms with E-state index in [-0.39, 0.29) is 22.3 Å². The molecule has 196 valence electrons. The smallest absolute Gasteiger partial charge is 0.273 e. The van der Waals surface area contributed by atoms with Gasteiger partial charge in [-0.2, -0.15) is 0 Å². The normalized spacial score (nSPS) is 12.0. The van der Waals surface area contributed by atoms with Gasteiger partial charge in [-0.05, 0) is 68.7 Å². The van der Waals surface area contributed by atoms with Crippen LogP contribution in [0.5, 0.6) is 5.75 Å². The first kappa shape index (κ1) is 27.7. The first-order valence-corrected chi connectivity index (χ1v) is 13.2. The van der Waals surface area contributed by atoms with Crippen molar-refractivity contribution in [3.05, 3.63) is 93.0 Å². The lowest BCUT2D eigenvalue weighted by molar-refractivity contribution is -0.385. The van der Waals surface area contributed by atoms with Gasteiger partial charge in [-0.1, -0.05) is 36.8 Å². The summed E-state index contributed by atoms with van der Waals surface area (Å²) < 4.78 is 33.6. The fourth-order valence-corrected chi connectivity index (χ4v) is 5.57. The van der Waals surface area contributed by atoms with Gasteiger partial charge in [0.2, 0.25) is 5.91 Å². The molecule has 3 aromatic rings. The summed E-state index contributed by atoms with van der Waals surface area (Å²) in [5.74, 6) is 0.00486. The summed E-state index contributed by atoms with van der Waals surface area (Å²) in [6, 6.07) is 15.6. The molecule has 0 radical (unpaired) electrons. The maximum atomic E-state index is 13.7. The molecule has 1 amide bonds. The molecule has 37 heavy (non-hydrogen) atoms. The van der Waals surface area contributed by atoms with Crippen molar-refractivity contribution in [1.29, 1.82) is 0 Å². The number of hydrogen-bond acceptors (Lipinski definition) is 6. The number of nitrogens with one attached hydrogen (secondary N) is 1. The van der Waals surface area contributed by atoms with Crippen LogP contribution < -0.4 is 14.4 Å². The van der Waals surface area contributed by atoms with Crippen LogP contribution in [0.4, 0.5) is 11.4 Å². The van der Waals surface area contributed by atoms with E-state index in [0.717, 1.165) is 27.1 Å². The number of anilines is 1. The van der Waals surface area contributed by atoms with Crippen LogP contribution >= 0.6 is 0 Å². The van der Waals surface area contributed by atoms with Crippen LogP contribution in [0, 0.1) is 30.9 Å². The first-order valence-electron chi connectivity index (χ1n) is 11.8. The number of methoxy groups -OCH3 is 1.